The Bertz CT molecular complexity index is 862. The van der Waals surface area contributed by atoms with Gasteiger partial charge in [0.15, 0.2) is 9.66 Å². The minimum absolute atomic E-state index is 0.341. The van der Waals surface area contributed by atoms with Crippen LogP contribution in [0.4, 0.5) is 0 Å². The molecule has 0 aliphatic carbocycles. The highest BCUT2D eigenvalue weighted by molar-refractivity contribution is 7.20. The van der Waals surface area contributed by atoms with Gasteiger partial charge in [-0.05, 0) is 12.1 Å². The predicted molar refractivity (Wildman–Crippen MR) is 86.2 cm³/mol. The molecule has 4 aromatic rings. The van der Waals surface area contributed by atoms with Crippen molar-refractivity contribution in [1.82, 2.24) is 30.8 Å². The fraction of sp³-hybridized carbons (Fsp3) is 0.167. The van der Waals surface area contributed by atoms with Crippen molar-refractivity contribution < 1.29 is 19.1 Å². The molecule has 0 unspecified atom stereocenters. The Balaban J connectivity index is 0.000000141. The molecule has 0 aromatic carbocycles. The van der Waals surface area contributed by atoms with Crippen LogP contribution in [0.1, 0.15) is 19.3 Å². The van der Waals surface area contributed by atoms with E-state index in [9.17, 15) is 9.59 Å². The predicted octanol–water partition coefficient (Wildman–Crippen LogP) is 1.61. The minimum Gasteiger partial charge on any atom is -0.465 e. The Hall–Kier alpha value is -2.86. The largest absolute Gasteiger partial charge is 0.465 e. The number of H-pyrrole nitrogens is 2. The van der Waals surface area contributed by atoms with Crippen LogP contribution in [0.3, 0.4) is 0 Å². The molecule has 24 heavy (non-hydrogen) atoms. The molecule has 2 N–H and O–H groups in total. The van der Waals surface area contributed by atoms with Crippen LogP contribution in [-0.2, 0) is 9.47 Å². The van der Waals surface area contributed by atoms with Crippen LogP contribution in [0.15, 0.2) is 12.1 Å². The van der Waals surface area contributed by atoms with Crippen LogP contribution in [-0.4, -0.2) is 57.0 Å². The van der Waals surface area contributed by atoms with Gasteiger partial charge in [0.25, 0.3) is 0 Å². The van der Waals surface area contributed by atoms with Gasteiger partial charge in [-0.25, -0.2) is 9.59 Å². The fourth-order valence-electron chi connectivity index (χ4n) is 1.72. The molecular formula is C12H10N6O4S2. The Morgan fingerprint density at radius 2 is 1.29 bits per heavy atom. The average Bonchev–Trinajstić information content (AvgIpc) is 3.31. The third-order valence-corrected chi connectivity index (χ3v) is 4.82. The standard InChI is InChI=1S/2C6H5N3O2S/c2*1-11-6(10)4-2-3-5(12-4)8-9-7-3/h2*2H,1H3,(H,7,8,9). The number of fused-ring (bicyclic) bond motifs is 2. The van der Waals surface area contributed by atoms with Gasteiger partial charge in [0.05, 0.1) is 25.3 Å². The SMILES string of the molecule is COC(=O)c1cc2[nH]nnc2s1.COC(=O)c1cc2[nH]nnc2s1. The molecule has 10 nitrogen and oxygen atoms in total. The molecule has 12 heteroatoms. The van der Waals surface area contributed by atoms with E-state index in [2.05, 4.69) is 40.3 Å². The number of methoxy groups -OCH3 is 2. The van der Waals surface area contributed by atoms with Crippen LogP contribution in [0.25, 0.3) is 20.7 Å². The summed E-state index contributed by atoms with van der Waals surface area (Å²) in [6, 6.07) is 3.34. The van der Waals surface area contributed by atoms with Crippen LogP contribution >= 0.6 is 22.7 Å². The lowest BCUT2D eigenvalue weighted by Gasteiger charge is -1.90. The molecule has 124 valence electrons. The number of hydrogen-bond acceptors (Lipinski definition) is 10. The summed E-state index contributed by atoms with van der Waals surface area (Å²) in [5.74, 6) is -0.683. The highest BCUT2D eigenvalue weighted by Gasteiger charge is 2.12. The van der Waals surface area contributed by atoms with Crippen molar-refractivity contribution in [3.63, 3.8) is 0 Å². The van der Waals surface area contributed by atoms with E-state index in [1.807, 2.05) is 0 Å². The molecule has 4 heterocycles. The number of hydrogen-bond donors (Lipinski definition) is 2. The van der Waals surface area contributed by atoms with E-state index in [1.54, 1.807) is 12.1 Å². The highest BCUT2D eigenvalue weighted by atomic mass is 32.1. The summed E-state index contributed by atoms with van der Waals surface area (Å²) >= 11 is 2.51. The first-order chi connectivity index (χ1) is 11.6. The molecule has 0 fully saturated rings. The summed E-state index contributed by atoms with van der Waals surface area (Å²) in [4.78, 5) is 24.5. The maximum atomic E-state index is 11.0. The van der Waals surface area contributed by atoms with E-state index in [0.29, 0.717) is 9.75 Å². The topological polar surface area (TPSA) is 136 Å². The quantitative estimate of drug-likeness (QED) is 0.511. The number of thiophene rings is 2. The molecule has 0 atom stereocenters. The summed E-state index contributed by atoms with van der Waals surface area (Å²) in [5.41, 5.74) is 1.53. The van der Waals surface area contributed by atoms with Gasteiger partial charge in [0.1, 0.15) is 9.75 Å². The molecule has 0 aliphatic rings. The number of nitrogens with zero attached hydrogens (tertiary/aromatic N) is 4. The minimum atomic E-state index is -0.341. The van der Waals surface area contributed by atoms with E-state index >= 15 is 0 Å². The van der Waals surface area contributed by atoms with Crippen molar-refractivity contribution in [2.24, 2.45) is 0 Å². The number of rotatable bonds is 2. The van der Waals surface area contributed by atoms with Gasteiger partial charge in [-0.1, -0.05) is 10.4 Å². The highest BCUT2D eigenvalue weighted by Crippen LogP contribution is 2.22. The molecular weight excluding hydrogens is 356 g/mol. The van der Waals surface area contributed by atoms with E-state index in [4.69, 9.17) is 0 Å². The third-order valence-electron chi connectivity index (χ3n) is 2.82. The van der Waals surface area contributed by atoms with Crippen LogP contribution in [0, 0.1) is 0 Å². The Morgan fingerprint density at radius 1 is 0.875 bits per heavy atom. The lowest BCUT2D eigenvalue weighted by atomic mass is 10.4. The first-order valence-corrected chi connectivity index (χ1v) is 8.03. The van der Waals surface area contributed by atoms with Gasteiger partial charge in [-0.15, -0.1) is 32.9 Å². The molecule has 0 aliphatic heterocycles. The molecule has 0 saturated heterocycles. The van der Waals surface area contributed by atoms with Crippen LogP contribution < -0.4 is 0 Å². The maximum absolute atomic E-state index is 11.0. The Labute approximate surface area is 141 Å². The summed E-state index contributed by atoms with van der Waals surface area (Å²) in [7, 11) is 2.70. The van der Waals surface area contributed by atoms with Crippen molar-refractivity contribution in [1.29, 1.82) is 0 Å². The van der Waals surface area contributed by atoms with E-state index in [1.165, 1.54) is 36.9 Å². The van der Waals surface area contributed by atoms with E-state index < -0.39 is 0 Å². The molecule has 0 spiro atoms. The molecule has 0 saturated carbocycles. The van der Waals surface area contributed by atoms with Crippen molar-refractivity contribution in [2.45, 2.75) is 0 Å². The fourth-order valence-corrected chi connectivity index (χ4v) is 3.42. The summed E-state index contributed by atoms with van der Waals surface area (Å²) in [6.07, 6.45) is 0. The van der Waals surface area contributed by atoms with E-state index in [-0.39, 0.29) is 11.9 Å². The number of carbonyl (C=O) groups is 2. The van der Waals surface area contributed by atoms with Gasteiger partial charge in [0.2, 0.25) is 0 Å². The lowest BCUT2D eigenvalue weighted by Crippen LogP contribution is -1.96. The molecule has 0 bridgehead atoms. The number of ether oxygens (including phenoxy) is 2. The van der Waals surface area contributed by atoms with E-state index in [0.717, 1.165) is 20.7 Å². The number of esters is 2. The maximum Gasteiger partial charge on any atom is 0.348 e. The first kappa shape index (κ1) is 16.0. The van der Waals surface area contributed by atoms with Crippen molar-refractivity contribution in [2.75, 3.05) is 14.2 Å². The summed E-state index contributed by atoms with van der Waals surface area (Å²) < 4.78 is 9.09. The molecule has 0 radical (unpaired) electrons. The smallest absolute Gasteiger partial charge is 0.348 e. The Morgan fingerprint density at radius 3 is 1.62 bits per heavy atom. The van der Waals surface area contributed by atoms with Crippen molar-refractivity contribution in [3.8, 4) is 0 Å². The molecule has 4 rings (SSSR count). The van der Waals surface area contributed by atoms with Gasteiger partial charge < -0.3 is 9.47 Å². The molecule has 4 aromatic heterocycles. The number of aromatic nitrogens is 6. The second kappa shape index (κ2) is 6.72. The average molecular weight is 366 g/mol. The number of carbonyl (C=O) groups excluding carboxylic acids is 2. The first-order valence-electron chi connectivity index (χ1n) is 6.40. The summed E-state index contributed by atoms with van der Waals surface area (Å²) in [5, 5.41) is 20.0. The zero-order chi connectivity index (χ0) is 17.1. The second-order valence-electron chi connectivity index (χ2n) is 4.27. The monoisotopic (exact) mass is 366 g/mol. The van der Waals surface area contributed by atoms with Gasteiger partial charge in [0, 0.05) is 0 Å². The number of nitrogens with one attached hydrogen (secondary N) is 2. The van der Waals surface area contributed by atoms with Crippen LogP contribution in [0.5, 0.6) is 0 Å². The molecule has 0 amide bonds. The zero-order valence-corrected chi connectivity index (χ0v) is 14.0. The Kier molecular flexibility index (Phi) is 4.48. The second-order valence-corrected chi connectivity index (χ2v) is 6.33. The summed E-state index contributed by atoms with van der Waals surface area (Å²) in [6.45, 7) is 0. The van der Waals surface area contributed by atoms with Crippen LogP contribution in [0.2, 0.25) is 0 Å². The number of aromatic amines is 2. The normalized spacial score (nSPS) is 10.4. The third kappa shape index (κ3) is 3.09. The zero-order valence-electron chi connectivity index (χ0n) is 12.4. The van der Waals surface area contributed by atoms with Gasteiger partial charge >= 0.3 is 11.9 Å². The van der Waals surface area contributed by atoms with Gasteiger partial charge in [-0.3, -0.25) is 10.2 Å². The lowest BCUT2D eigenvalue weighted by molar-refractivity contribution is 0.0597. The van der Waals surface area contributed by atoms with Gasteiger partial charge in [-0.2, -0.15) is 0 Å². The van der Waals surface area contributed by atoms with Crippen molar-refractivity contribution in [3.05, 3.63) is 21.9 Å². The van der Waals surface area contributed by atoms with Crippen molar-refractivity contribution >= 4 is 55.3 Å².